The minimum absolute atomic E-state index is 0.126. The zero-order chi connectivity index (χ0) is 29.0. The van der Waals surface area contributed by atoms with Gasteiger partial charge in [-0.05, 0) is 71.6 Å². The molecule has 0 heterocycles. The number of unbranched alkanes of at least 4 members (excludes halogenated alkanes) is 6. The van der Waals surface area contributed by atoms with Crippen molar-refractivity contribution < 1.29 is 28.5 Å². The fraction of sp³-hybridized carbons (Fsp3) is 0.867. The zero-order valence-electron chi connectivity index (χ0n) is 25.8. The molecule has 0 atom stereocenters. The van der Waals surface area contributed by atoms with Crippen LogP contribution in [0.25, 0.3) is 0 Å². The fourth-order valence-corrected chi connectivity index (χ4v) is 2.96. The van der Waals surface area contributed by atoms with Gasteiger partial charge in [0.05, 0.1) is 19.8 Å². The summed E-state index contributed by atoms with van der Waals surface area (Å²) < 4.78 is 21.0. The molecule has 0 aromatic rings. The number of allylic oxidation sites excluding steroid dienone is 1. The van der Waals surface area contributed by atoms with Gasteiger partial charge in [0.1, 0.15) is 0 Å². The predicted octanol–water partition coefficient (Wildman–Crippen LogP) is 7.26. The fourth-order valence-electron chi connectivity index (χ4n) is 2.96. The van der Waals surface area contributed by atoms with E-state index >= 15 is 0 Å². The van der Waals surface area contributed by atoms with Crippen LogP contribution >= 0.6 is 0 Å². The van der Waals surface area contributed by atoms with Gasteiger partial charge in [0, 0.05) is 31.9 Å². The van der Waals surface area contributed by atoms with Crippen molar-refractivity contribution in [2.75, 3.05) is 39.6 Å². The number of rotatable bonds is 21. The van der Waals surface area contributed by atoms with Crippen molar-refractivity contribution in [1.82, 2.24) is 10.6 Å². The van der Waals surface area contributed by atoms with Gasteiger partial charge in [-0.3, -0.25) is 0 Å². The summed E-state index contributed by atoms with van der Waals surface area (Å²) in [6, 6.07) is 0.264. The molecule has 0 unspecified atom stereocenters. The Balaban J connectivity index is 0. The van der Waals surface area contributed by atoms with Crippen LogP contribution in [0.15, 0.2) is 12.2 Å². The third-order valence-corrected chi connectivity index (χ3v) is 4.76. The Bertz CT molecular complexity index is 565. The predicted molar refractivity (Wildman–Crippen MR) is 157 cm³/mol. The van der Waals surface area contributed by atoms with Gasteiger partial charge in [0.15, 0.2) is 0 Å². The van der Waals surface area contributed by atoms with E-state index < -0.39 is 0 Å². The van der Waals surface area contributed by atoms with Crippen LogP contribution in [0.4, 0.5) is 9.59 Å². The van der Waals surface area contributed by atoms with Gasteiger partial charge in [-0.2, -0.15) is 0 Å². The zero-order valence-corrected chi connectivity index (χ0v) is 25.8. The molecule has 0 aromatic heterocycles. The molecule has 0 rings (SSSR count). The highest BCUT2D eigenvalue weighted by Crippen LogP contribution is 2.04. The summed E-state index contributed by atoms with van der Waals surface area (Å²) in [5.41, 5.74) is 0. The molecule has 0 saturated carbocycles. The first kappa shape index (κ1) is 38.3. The highest BCUT2D eigenvalue weighted by Gasteiger charge is 2.03. The molecular formula is C30H60N2O6. The Hall–Kier alpha value is -1.80. The van der Waals surface area contributed by atoms with Gasteiger partial charge in [0.25, 0.3) is 0 Å². The lowest BCUT2D eigenvalue weighted by molar-refractivity contribution is 0.106. The number of ether oxygens (including phenoxy) is 4. The molecular weight excluding hydrogens is 484 g/mol. The van der Waals surface area contributed by atoms with Crippen LogP contribution in [-0.2, 0) is 18.9 Å². The van der Waals surface area contributed by atoms with Crippen molar-refractivity contribution in [2.45, 2.75) is 119 Å². The van der Waals surface area contributed by atoms with Crippen LogP contribution in [0.2, 0.25) is 0 Å². The molecule has 0 bridgehead atoms. The number of carbonyl (C=O) groups is 2. The van der Waals surface area contributed by atoms with Gasteiger partial charge in [-0.15, -0.1) is 0 Å². The Morgan fingerprint density at radius 3 is 1.53 bits per heavy atom. The lowest BCUT2D eigenvalue weighted by Gasteiger charge is -2.09. The molecule has 0 spiro atoms. The minimum atomic E-state index is -0.326. The van der Waals surface area contributed by atoms with Crippen molar-refractivity contribution in [3.05, 3.63) is 12.2 Å². The monoisotopic (exact) mass is 544 g/mol. The normalized spacial score (nSPS) is 11.3. The van der Waals surface area contributed by atoms with E-state index in [9.17, 15) is 9.59 Å². The third-order valence-electron chi connectivity index (χ3n) is 4.76. The average Bonchev–Trinajstić information content (AvgIpc) is 2.80. The molecule has 8 nitrogen and oxygen atoms in total. The Labute approximate surface area is 234 Å². The number of hydrogen-bond donors (Lipinski definition) is 2. The van der Waals surface area contributed by atoms with E-state index in [1.54, 1.807) is 0 Å². The van der Waals surface area contributed by atoms with Crippen LogP contribution in [0, 0.1) is 11.8 Å². The largest absolute Gasteiger partial charge is 0.450 e. The number of hydrogen-bond acceptors (Lipinski definition) is 6. The van der Waals surface area contributed by atoms with E-state index in [2.05, 4.69) is 50.5 Å². The second-order valence-corrected chi connectivity index (χ2v) is 11.0. The molecule has 0 radical (unpaired) electrons. The van der Waals surface area contributed by atoms with Gasteiger partial charge in [-0.25, -0.2) is 9.59 Å². The highest BCUT2D eigenvalue weighted by molar-refractivity contribution is 5.67. The van der Waals surface area contributed by atoms with E-state index in [1.165, 1.54) is 12.8 Å². The third kappa shape index (κ3) is 36.4. The molecule has 0 aliphatic carbocycles. The summed E-state index contributed by atoms with van der Waals surface area (Å²) in [6.45, 7) is 20.5. The number of alkyl carbamates (subject to hydrolysis) is 2. The van der Waals surface area contributed by atoms with Gasteiger partial charge < -0.3 is 29.6 Å². The summed E-state index contributed by atoms with van der Waals surface area (Å²) in [4.78, 5) is 22.3. The molecule has 2 amide bonds. The van der Waals surface area contributed by atoms with E-state index in [4.69, 9.17) is 18.9 Å². The van der Waals surface area contributed by atoms with Gasteiger partial charge >= 0.3 is 12.2 Å². The van der Waals surface area contributed by atoms with Crippen LogP contribution in [0.5, 0.6) is 0 Å². The number of nitrogens with one attached hydrogen (secondary N) is 2. The standard InChI is InChI=1S/C15H31NO3.C15H29NO3/c2*1-13(2)12-18-10-8-6-5-7-9-11-19-15(17)16-14(3)4/h13-14H,5-12H2,1-4H3,(H,16,17);6,8,13-14H,5,7,9-12H2,1-4H3,(H,16,17). The summed E-state index contributed by atoms with van der Waals surface area (Å²) in [7, 11) is 0. The van der Waals surface area contributed by atoms with Crippen LogP contribution in [0.3, 0.4) is 0 Å². The van der Waals surface area contributed by atoms with Crippen molar-refractivity contribution in [3.63, 3.8) is 0 Å². The SMILES string of the molecule is CC(C)COCC=CCCCCOC(=O)NC(C)C.CC(C)COCCCCCCCOC(=O)NC(C)C. The average molecular weight is 545 g/mol. The first-order chi connectivity index (χ1) is 18.0. The minimum Gasteiger partial charge on any atom is -0.450 e. The van der Waals surface area contributed by atoms with Crippen LogP contribution in [-0.4, -0.2) is 63.9 Å². The molecule has 0 aromatic carbocycles. The lowest BCUT2D eigenvalue weighted by Crippen LogP contribution is -2.30. The molecule has 0 fully saturated rings. The molecule has 0 saturated heterocycles. The van der Waals surface area contributed by atoms with E-state index in [0.29, 0.717) is 31.7 Å². The highest BCUT2D eigenvalue weighted by atomic mass is 16.6. The van der Waals surface area contributed by atoms with Crippen LogP contribution in [0.1, 0.15) is 107 Å². The molecule has 8 heteroatoms. The van der Waals surface area contributed by atoms with Crippen molar-refractivity contribution in [3.8, 4) is 0 Å². The molecule has 2 N–H and O–H groups in total. The van der Waals surface area contributed by atoms with Crippen molar-refractivity contribution >= 4 is 12.2 Å². The van der Waals surface area contributed by atoms with E-state index in [0.717, 1.165) is 58.3 Å². The quantitative estimate of drug-likeness (QED) is 0.117. The van der Waals surface area contributed by atoms with Crippen molar-refractivity contribution in [1.29, 1.82) is 0 Å². The summed E-state index contributed by atoms with van der Waals surface area (Å²) in [6.07, 6.45) is 12.0. The maximum Gasteiger partial charge on any atom is 0.407 e. The molecule has 0 aliphatic rings. The van der Waals surface area contributed by atoms with Crippen LogP contribution < -0.4 is 10.6 Å². The van der Waals surface area contributed by atoms with Gasteiger partial charge in [-0.1, -0.05) is 59.1 Å². The van der Waals surface area contributed by atoms with Gasteiger partial charge in [0.2, 0.25) is 0 Å². The summed E-state index contributed by atoms with van der Waals surface area (Å²) >= 11 is 0. The second-order valence-electron chi connectivity index (χ2n) is 11.0. The number of carbonyl (C=O) groups excluding carboxylic acids is 2. The Morgan fingerprint density at radius 2 is 1.03 bits per heavy atom. The second kappa shape index (κ2) is 28.2. The lowest BCUT2D eigenvalue weighted by atomic mass is 10.1. The molecule has 0 aliphatic heterocycles. The van der Waals surface area contributed by atoms with E-state index in [1.807, 2.05) is 27.7 Å². The molecule has 38 heavy (non-hydrogen) atoms. The van der Waals surface area contributed by atoms with Crippen molar-refractivity contribution in [2.24, 2.45) is 11.8 Å². The summed E-state index contributed by atoms with van der Waals surface area (Å²) in [5.74, 6) is 1.21. The first-order valence-corrected chi connectivity index (χ1v) is 14.7. The first-order valence-electron chi connectivity index (χ1n) is 14.7. The molecule has 226 valence electrons. The number of amides is 2. The maximum absolute atomic E-state index is 11.2. The smallest absolute Gasteiger partial charge is 0.407 e. The van der Waals surface area contributed by atoms with E-state index in [-0.39, 0.29) is 24.3 Å². The summed E-state index contributed by atoms with van der Waals surface area (Å²) in [5, 5.41) is 5.38. The topological polar surface area (TPSA) is 95.1 Å². The maximum atomic E-state index is 11.2. The Kier molecular flexibility index (Phi) is 28.5. The Morgan fingerprint density at radius 1 is 0.579 bits per heavy atom.